The van der Waals surface area contributed by atoms with Crippen LogP contribution >= 0.6 is 11.6 Å². The van der Waals surface area contributed by atoms with Crippen LogP contribution in [0.2, 0.25) is 5.02 Å². The molecule has 7 heteroatoms. The number of anilines is 1. The summed E-state index contributed by atoms with van der Waals surface area (Å²) in [7, 11) is 0. The molecular weight excluding hydrogens is 330 g/mol. The van der Waals surface area contributed by atoms with Crippen LogP contribution in [0.5, 0.6) is 0 Å². The van der Waals surface area contributed by atoms with Gasteiger partial charge >= 0.3 is 0 Å². The summed E-state index contributed by atoms with van der Waals surface area (Å²) in [6.07, 6.45) is -0.114. The molecule has 0 amide bonds. The molecule has 24 heavy (non-hydrogen) atoms. The lowest BCUT2D eigenvalue weighted by atomic mass is 10.1. The van der Waals surface area contributed by atoms with E-state index in [-0.39, 0.29) is 17.8 Å². The van der Waals surface area contributed by atoms with E-state index >= 15 is 0 Å². The highest BCUT2D eigenvalue weighted by Crippen LogP contribution is 2.30. The molecule has 126 valence electrons. The van der Waals surface area contributed by atoms with Gasteiger partial charge in [0.15, 0.2) is 0 Å². The molecule has 0 aliphatic carbocycles. The predicted molar refractivity (Wildman–Crippen MR) is 92.6 cm³/mol. The summed E-state index contributed by atoms with van der Waals surface area (Å²) in [5.74, 6) is 0.723. The Bertz CT molecular complexity index is 768. The quantitative estimate of drug-likeness (QED) is 0.621. The van der Waals surface area contributed by atoms with Crippen molar-refractivity contribution < 1.29 is 9.66 Å². The number of nitrogens with zero attached hydrogens (tertiary/aromatic N) is 3. The molecule has 6 nitrogen and oxygen atoms in total. The van der Waals surface area contributed by atoms with Gasteiger partial charge in [-0.05, 0) is 37.6 Å². The molecule has 0 radical (unpaired) electrons. The molecule has 0 saturated carbocycles. The van der Waals surface area contributed by atoms with E-state index in [1.165, 1.54) is 6.07 Å². The van der Waals surface area contributed by atoms with E-state index in [2.05, 4.69) is 9.88 Å². The van der Waals surface area contributed by atoms with Crippen molar-refractivity contribution in [3.63, 3.8) is 0 Å². The fraction of sp³-hybridized carbons (Fsp3) is 0.353. The lowest BCUT2D eigenvalue weighted by Gasteiger charge is -2.39. The van der Waals surface area contributed by atoms with Crippen LogP contribution in [0, 0.1) is 17.0 Å². The molecular formula is C17H18ClN3O3. The zero-order valence-electron chi connectivity index (χ0n) is 13.5. The first-order valence-corrected chi connectivity index (χ1v) is 8.09. The first kappa shape index (κ1) is 16.7. The third kappa shape index (κ3) is 3.34. The second-order valence-electron chi connectivity index (χ2n) is 5.91. The van der Waals surface area contributed by atoms with Crippen molar-refractivity contribution in [1.82, 2.24) is 4.98 Å². The molecule has 1 aromatic heterocycles. The lowest BCUT2D eigenvalue weighted by Crippen LogP contribution is -2.45. The number of aromatic nitrogens is 1. The topological polar surface area (TPSA) is 68.5 Å². The van der Waals surface area contributed by atoms with Crippen molar-refractivity contribution in [2.45, 2.75) is 26.0 Å². The summed E-state index contributed by atoms with van der Waals surface area (Å²) in [6, 6.07) is 11.0. The molecule has 0 N–H and O–H groups in total. The summed E-state index contributed by atoms with van der Waals surface area (Å²) in [6.45, 7) is 4.87. The van der Waals surface area contributed by atoms with Crippen LogP contribution in [0.4, 0.5) is 11.5 Å². The molecule has 1 saturated heterocycles. The van der Waals surface area contributed by atoms with E-state index in [1.807, 2.05) is 31.2 Å². The van der Waals surface area contributed by atoms with Crippen LogP contribution in [-0.2, 0) is 4.74 Å². The summed E-state index contributed by atoms with van der Waals surface area (Å²) in [5, 5.41) is 11.6. The van der Waals surface area contributed by atoms with Gasteiger partial charge in [-0.3, -0.25) is 10.1 Å². The number of aryl methyl sites for hydroxylation is 1. The van der Waals surface area contributed by atoms with Gasteiger partial charge in [0.25, 0.3) is 5.69 Å². The Labute approximate surface area is 145 Å². The van der Waals surface area contributed by atoms with Crippen LogP contribution in [0.3, 0.4) is 0 Å². The molecule has 2 aromatic rings. The first-order valence-electron chi connectivity index (χ1n) is 7.71. The number of hydrogen-bond donors (Lipinski definition) is 0. The van der Waals surface area contributed by atoms with Crippen LogP contribution in [0.1, 0.15) is 24.3 Å². The van der Waals surface area contributed by atoms with Crippen molar-refractivity contribution in [2.75, 3.05) is 18.1 Å². The smallest absolute Gasteiger partial charge is 0.290 e. The molecule has 2 atom stereocenters. The number of nitro groups is 1. The van der Waals surface area contributed by atoms with Gasteiger partial charge in [0.1, 0.15) is 17.6 Å². The highest BCUT2D eigenvalue weighted by atomic mass is 35.5. The zero-order chi connectivity index (χ0) is 17.3. The van der Waals surface area contributed by atoms with Crippen LogP contribution in [0.15, 0.2) is 36.4 Å². The highest BCUT2D eigenvalue weighted by Gasteiger charge is 2.29. The maximum Gasteiger partial charge on any atom is 0.290 e. The average Bonchev–Trinajstić information content (AvgIpc) is 2.55. The van der Waals surface area contributed by atoms with Crippen molar-refractivity contribution in [3.8, 4) is 0 Å². The van der Waals surface area contributed by atoms with Gasteiger partial charge in [-0.25, -0.2) is 4.98 Å². The van der Waals surface area contributed by atoms with Gasteiger partial charge in [0, 0.05) is 11.1 Å². The van der Waals surface area contributed by atoms with Crippen molar-refractivity contribution >= 4 is 23.1 Å². The Kier molecular flexibility index (Phi) is 4.69. The van der Waals surface area contributed by atoms with Gasteiger partial charge in [0.05, 0.1) is 24.1 Å². The second-order valence-corrected chi connectivity index (χ2v) is 6.35. The normalized spacial score (nSPS) is 20.9. The van der Waals surface area contributed by atoms with Crippen LogP contribution in [0.25, 0.3) is 0 Å². The average molecular weight is 348 g/mol. The minimum absolute atomic E-state index is 0.0334. The van der Waals surface area contributed by atoms with Crippen LogP contribution < -0.4 is 4.90 Å². The zero-order valence-corrected chi connectivity index (χ0v) is 14.2. The van der Waals surface area contributed by atoms with E-state index < -0.39 is 4.92 Å². The van der Waals surface area contributed by atoms with E-state index in [0.29, 0.717) is 23.9 Å². The summed E-state index contributed by atoms with van der Waals surface area (Å²) >= 11 is 6.07. The van der Waals surface area contributed by atoms with Gasteiger partial charge in [-0.1, -0.05) is 23.7 Å². The number of ether oxygens (including phenoxy) is 1. The fourth-order valence-corrected chi connectivity index (χ4v) is 3.08. The standard InChI is InChI=1S/C17H18ClN3O3/c1-11-10-24-16(13-4-3-5-14(18)8-13)9-20(11)17-7-6-15(21(22)23)12(2)19-17/h3-8,11,16H,9-10H2,1-2H3. The molecule has 0 bridgehead atoms. The number of pyridine rings is 1. The molecule has 2 unspecified atom stereocenters. The number of morpholine rings is 1. The predicted octanol–water partition coefficient (Wildman–Crippen LogP) is 3.92. The van der Waals surface area contributed by atoms with E-state index in [4.69, 9.17) is 16.3 Å². The summed E-state index contributed by atoms with van der Waals surface area (Å²) in [4.78, 5) is 17.1. The summed E-state index contributed by atoms with van der Waals surface area (Å²) in [5.41, 5.74) is 1.46. The van der Waals surface area contributed by atoms with Gasteiger partial charge in [-0.2, -0.15) is 0 Å². The Morgan fingerprint density at radius 1 is 1.38 bits per heavy atom. The number of halogens is 1. The Hall–Kier alpha value is -2.18. The molecule has 3 rings (SSSR count). The third-order valence-corrected chi connectivity index (χ3v) is 4.42. The lowest BCUT2D eigenvalue weighted by molar-refractivity contribution is -0.385. The third-order valence-electron chi connectivity index (χ3n) is 4.19. The maximum absolute atomic E-state index is 11.0. The van der Waals surface area contributed by atoms with E-state index in [9.17, 15) is 10.1 Å². The summed E-state index contributed by atoms with van der Waals surface area (Å²) < 4.78 is 5.94. The molecule has 2 heterocycles. The van der Waals surface area contributed by atoms with Crippen molar-refractivity contribution in [2.24, 2.45) is 0 Å². The van der Waals surface area contributed by atoms with Gasteiger partial charge in [-0.15, -0.1) is 0 Å². The number of hydrogen-bond acceptors (Lipinski definition) is 5. The Balaban J connectivity index is 1.86. The largest absolute Gasteiger partial charge is 0.370 e. The monoisotopic (exact) mass is 347 g/mol. The van der Waals surface area contributed by atoms with Crippen molar-refractivity contribution in [3.05, 3.63) is 62.8 Å². The molecule has 1 aliphatic rings. The number of benzene rings is 1. The Morgan fingerprint density at radius 3 is 2.83 bits per heavy atom. The maximum atomic E-state index is 11.0. The van der Waals surface area contributed by atoms with E-state index in [1.54, 1.807) is 13.0 Å². The van der Waals surface area contributed by atoms with Crippen LogP contribution in [-0.4, -0.2) is 29.1 Å². The fourth-order valence-electron chi connectivity index (χ4n) is 2.88. The minimum Gasteiger partial charge on any atom is -0.370 e. The first-order chi connectivity index (χ1) is 11.5. The molecule has 0 spiro atoms. The molecule has 1 fully saturated rings. The molecule has 1 aromatic carbocycles. The molecule has 1 aliphatic heterocycles. The Morgan fingerprint density at radius 2 is 2.17 bits per heavy atom. The SMILES string of the molecule is Cc1nc(N2CC(c3cccc(Cl)c3)OCC2C)ccc1[N+](=O)[O-]. The second kappa shape index (κ2) is 6.75. The van der Waals surface area contributed by atoms with Crippen molar-refractivity contribution in [1.29, 1.82) is 0 Å². The highest BCUT2D eigenvalue weighted by molar-refractivity contribution is 6.30. The number of rotatable bonds is 3. The van der Waals surface area contributed by atoms with E-state index in [0.717, 1.165) is 11.4 Å². The minimum atomic E-state index is -0.413. The van der Waals surface area contributed by atoms with Gasteiger partial charge in [0.2, 0.25) is 0 Å². The van der Waals surface area contributed by atoms with Gasteiger partial charge < -0.3 is 9.64 Å².